The van der Waals surface area contributed by atoms with Crippen LogP contribution in [-0.4, -0.2) is 17.8 Å². The fourth-order valence-electron chi connectivity index (χ4n) is 2.11. The van der Waals surface area contributed by atoms with E-state index in [0.717, 1.165) is 17.9 Å². The zero-order chi connectivity index (χ0) is 16.7. The van der Waals surface area contributed by atoms with Crippen molar-refractivity contribution in [2.45, 2.75) is 33.2 Å². The standard InChI is InChI=1S/C19H24N2OS/c1-4-16-7-9-17(10-8-16)21-19(23)20-15(3)13-22-18-11-5-14(2)6-12-18/h5-12,15H,4,13H2,1-3H3,(H2,20,21,23). The summed E-state index contributed by atoms with van der Waals surface area (Å²) < 4.78 is 5.75. The Hall–Kier alpha value is -2.07. The number of rotatable bonds is 6. The van der Waals surface area contributed by atoms with E-state index < -0.39 is 0 Å². The number of anilines is 1. The second-order valence-electron chi connectivity index (χ2n) is 5.67. The number of aryl methyl sites for hydroxylation is 2. The molecule has 1 unspecified atom stereocenters. The van der Waals surface area contributed by atoms with Gasteiger partial charge in [-0.05, 0) is 62.3 Å². The minimum absolute atomic E-state index is 0.117. The van der Waals surface area contributed by atoms with E-state index in [2.05, 4.69) is 36.6 Å². The predicted octanol–water partition coefficient (Wildman–Crippen LogP) is 4.31. The maximum absolute atomic E-state index is 5.75. The van der Waals surface area contributed by atoms with Crippen LogP contribution in [0, 0.1) is 6.92 Å². The van der Waals surface area contributed by atoms with E-state index in [0.29, 0.717) is 11.7 Å². The highest BCUT2D eigenvalue weighted by molar-refractivity contribution is 7.80. The van der Waals surface area contributed by atoms with Crippen molar-refractivity contribution in [2.24, 2.45) is 0 Å². The van der Waals surface area contributed by atoms with Gasteiger partial charge in [-0.1, -0.05) is 36.8 Å². The summed E-state index contributed by atoms with van der Waals surface area (Å²) in [6.45, 7) is 6.80. The summed E-state index contributed by atoms with van der Waals surface area (Å²) in [7, 11) is 0. The molecule has 4 heteroatoms. The van der Waals surface area contributed by atoms with Crippen molar-refractivity contribution in [1.29, 1.82) is 0 Å². The third-order valence-corrected chi connectivity index (χ3v) is 3.74. The van der Waals surface area contributed by atoms with Gasteiger partial charge in [-0.15, -0.1) is 0 Å². The normalized spacial score (nSPS) is 11.6. The van der Waals surface area contributed by atoms with Gasteiger partial charge in [0.2, 0.25) is 0 Å². The lowest BCUT2D eigenvalue weighted by Gasteiger charge is -2.18. The highest BCUT2D eigenvalue weighted by Crippen LogP contribution is 2.12. The van der Waals surface area contributed by atoms with Crippen molar-refractivity contribution >= 4 is 23.0 Å². The highest BCUT2D eigenvalue weighted by atomic mass is 32.1. The molecule has 0 amide bonds. The molecule has 122 valence electrons. The lowest BCUT2D eigenvalue weighted by molar-refractivity contribution is 0.287. The molecule has 0 aliphatic carbocycles. The van der Waals surface area contributed by atoms with Crippen LogP contribution in [0.2, 0.25) is 0 Å². The summed E-state index contributed by atoms with van der Waals surface area (Å²) in [6, 6.07) is 16.5. The first-order chi connectivity index (χ1) is 11.1. The molecule has 0 radical (unpaired) electrons. The highest BCUT2D eigenvalue weighted by Gasteiger charge is 2.06. The first-order valence-electron chi connectivity index (χ1n) is 7.92. The van der Waals surface area contributed by atoms with Gasteiger partial charge in [0.1, 0.15) is 12.4 Å². The molecule has 0 aliphatic heterocycles. The molecule has 0 spiro atoms. The van der Waals surface area contributed by atoms with Gasteiger partial charge in [-0.3, -0.25) is 0 Å². The molecule has 0 heterocycles. The summed E-state index contributed by atoms with van der Waals surface area (Å²) in [5, 5.41) is 7.03. The maximum Gasteiger partial charge on any atom is 0.171 e. The van der Waals surface area contributed by atoms with Crippen molar-refractivity contribution in [3.8, 4) is 5.75 Å². The van der Waals surface area contributed by atoms with Crippen LogP contribution in [0.5, 0.6) is 5.75 Å². The zero-order valence-electron chi connectivity index (χ0n) is 13.9. The monoisotopic (exact) mass is 328 g/mol. The van der Waals surface area contributed by atoms with Crippen LogP contribution in [0.15, 0.2) is 48.5 Å². The van der Waals surface area contributed by atoms with Crippen LogP contribution < -0.4 is 15.4 Å². The molecule has 0 saturated carbocycles. The summed E-state index contributed by atoms with van der Waals surface area (Å²) >= 11 is 5.34. The van der Waals surface area contributed by atoms with E-state index >= 15 is 0 Å². The van der Waals surface area contributed by atoms with Crippen LogP contribution >= 0.6 is 12.2 Å². The molecule has 0 aromatic heterocycles. The van der Waals surface area contributed by atoms with Gasteiger partial charge < -0.3 is 15.4 Å². The number of hydrogen-bond donors (Lipinski definition) is 2. The second kappa shape index (κ2) is 8.53. The molecular weight excluding hydrogens is 304 g/mol. The second-order valence-corrected chi connectivity index (χ2v) is 6.08. The van der Waals surface area contributed by atoms with Gasteiger partial charge in [-0.25, -0.2) is 0 Å². The molecule has 0 saturated heterocycles. The van der Waals surface area contributed by atoms with Gasteiger partial charge in [0, 0.05) is 5.69 Å². The number of ether oxygens (including phenoxy) is 1. The minimum atomic E-state index is 0.117. The van der Waals surface area contributed by atoms with E-state index in [1.165, 1.54) is 11.1 Å². The lowest BCUT2D eigenvalue weighted by Crippen LogP contribution is -2.39. The molecule has 0 aliphatic rings. The summed E-state index contributed by atoms with van der Waals surface area (Å²) in [6.07, 6.45) is 1.04. The quantitative estimate of drug-likeness (QED) is 0.774. The molecule has 1 atom stereocenters. The van der Waals surface area contributed by atoms with Crippen molar-refractivity contribution in [3.63, 3.8) is 0 Å². The third kappa shape index (κ3) is 5.91. The van der Waals surface area contributed by atoms with Crippen LogP contribution in [0.1, 0.15) is 25.0 Å². The lowest BCUT2D eigenvalue weighted by atomic mass is 10.1. The van der Waals surface area contributed by atoms with E-state index in [-0.39, 0.29) is 6.04 Å². The Kier molecular flexibility index (Phi) is 6.41. The Labute approximate surface area is 144 Å². The number of nitrogens with one attached hydrogen (secondary N) is 2. The first kappa shape index (κ1) is 17.3. The summed E-state index contributed by atoms with van der Waals surface area (Å²) in [5.41, 5.74) is 3.53. The Balaban J connectivity index is 1.76. The maximum atomic E-state index is 5.75. The fraction of sp³-hybridized carbons (Fsp3) is 0.316. The molecule has 2 aromatic rings. The summed E-state index contributed by atoms with van der Waals surface area (Å²) in [5.74, 6) is 0.873. The van der Waals surface area contributed by atoms with Gasteiger partial charge in [0.25, 0.3) is 0 Å². The molecule has 2 rings (SSSR count). The predicted molar refractivity (Wildman–Crippen MR) is 101 cm³/mol. The Bertz CT molecular complexity index is 623. The Morgan fingerprint density at radius 3 is 2.35 bits per heavy atom. The molecule has 0 bridgehead atoms. The van der Waals surface area contributed by atoms with Crippen molar-refractivity contribution < 1.29 is 4.74 Å². The summed E-state index contributed by atoms with van der Waals surface area (Å²) in [4.78, 5) is 0. The average Bonchev–Trinajstić information content (AvgIpc) is 2.55. The van der Waals surface area contributed by atoms with E-state index in [1.54, 1.807) is 0 Å². The number of hydrogen-bond acceptors (Lipinski definition) is 2. The molecule has 3 nitrogen and oxygen atoms in total. The fourth-order valence-corrected chi connectivity index (χ4v) is 2.43. The molecule has 23 heavy (non-hydrogen) atoms. The smallest absolute Gasteiger partial charge is 0.171 e. The van der Waals surface area contributed by atoms with Crippen LogP contribution in [0.25, 0.3) is 0 Å². The van der Waals surface area contributed by atoms with Crippen molar-refractivity contribution in [1.82, 2.24) is 5.32 Å². The van der Waals surface area contributed by atoms with Crippen LogP contribution in [0.3, 0.4) is 0 Å². The van der Waals surface area contributed by atoms with Crippen LogP contribution in [-0.2, 0) is 6.42 Å². The SMILES string of the molecule is CCc1ccc(NC(=S)NC(C)COc2ccc(C)cc2)cc1. The van der Waals surface area contributed by atoms with Gasteiger partial charge in [0.15, 0.2) is 5.11 Å². The molecule has 0 fully saturated rings. The minimum Gasteiger partial charge on any atom is -0.491 e. The van der Waals surface area contributed by atoms with E-state index in [9.17, 15) is 0 Å². The third-order valence-electron chi connectivity index (χ3n) is 3.52. The van der Waals surface area contributed by atoms with Gasteiger partial charge >= 0.3 is 0 Å². The number of benzene rings is 2. The molecular formula is C19H24N2OS. The van der Waals surface area contributed by atoms with Crippen LogP contribution in [0.4, 0.5) is 5.69 Å². The van der Waals surface area contributed by atoms with E-state index in [4.69, 9.17) is 17.0 Å². The molecule has 2 aromatic carbocycles. The average molecular weight is 328 g/mol. The topological polar surface area (TPSA) is 33.3 Å². The zero-order valence-corrected chi connectivity index (χ0v) is 14.7. The Morgan fingerprint density at radius 1 is 1.09 bits per heavy atom. The number of thiocarbonyl (C=S) groups is 1. The van der Waals surface area contributed by atoms with E-state index in [1.807, 2.05) is 43.3 Å². The van der Waals surface area contributed by atoms with Crippen molar-refractivity contribution in [2.75, 3.05) is 11.9 Å². The Morgan fingerprint density at radius 2 is 1.74 bits per heavy atom. The van der Waals surface area contributed by atoms with Gasteiger partial charge in [-0.2, -0.15) is 0 Å². The first-order valence-corrected chi connectivity index (χ1v) is 8.33. The molecule has 2 N–H and O–H groups in total. The largest absolute Gasteiger partial charge is 0.491 e. The van der Waals surface area contributed by atoms with Crippen molar-refractivity contribution in [3.05, 3.63) is 59.7 Å². The van der Waals surface area contributed by atoms with Gasteiger partial charge in [0.05, 0.1) is 6.04 Å².